The Kier molecular flexibility index (Phi) is 7.84. The smallest absolute Gasteiger partial charge is 0.241 e. The molecule has 2 aromatic rings. The van der Waals surface area contributed by atoms with E-state index in [-0.39, 0.29) is 23.3 Å². The van der Waals surface area contributed by atoms with Crippen molar-refractivity contribution >= 4 is 15.9 Å². The molecule has 1 fully saturated rings. The third kappa shape index (κ3) is 6.29. The van der Waals surface area contributed by atoms with Crippen LogP contribution in [0.4, 0.5) is 0 Å². The minimum absolute atomic E-state index is 0.0990. The molecule has 1 aliphatic rings. The van der Waals surface area contributed by atoms with E-state index in [4.69, 9.17) is 9.47 Å². The molecule has 0 aromatic heterocycles. The van der Waals surface area contributed by atoms with E-state index >= 15 is 0 Å². The Morgan fingerprint density at radius 3 is 2.57 bits per heavy atom. The maximum Gasteiger partial charge on any atom is 0.241 e. The summed E-state index contributed by atoms with van der Waals surface area (Å²) in [6.45, 7) is 2.09. The van der Waals surface area contributed by atoms with Crippen molar-refractivity contribution in [2.75, 3.05) is 33.4 Å². The van der Waals surface area contributed by atoms with Gasteiger partial charge in [0.1, 0.15) is 5.75 Å². The number of sulfonamides is 1. The average Bonchev–Trinajstić information content (AvgIpc) is 2.78. The van der Waals surface area contributed by atoms with Crippen molar-refractivity contribution in [3.63, 3.8) is 0 Å². The monoisotopic (exact) mass is 432 g/mol. The zero-order valence-corrected chi connectivity index (χ0v) is 17.9. The average molecular weight is 433 g/mol. The number of piperidine rings is 1. The molecular formula is C22H28N2O5S. The zero-order chi connectivity index (χ0) is 21.4. The predicted octanol–water partition coefficient (Wildman–Crippen LogP) is 2.43. The summed E-state index contributed by atoms with van der Waals surface area (Å²) in [5.41, 5.74) is 1.12. The SMILES string of the molecule is COc1ccc(S(=O)(=O)NCC(=O)N2CCCC(COCc3ccccc3)C2)cc1. The van der Waals surface area contributed by atoms with Crippen molar-refractivity contribution in [2.24, 2.45) is 5.92 Å². The first-order chi connectivity index (χ1) is 14.5. The van der Waals surface area contributed by atoms with Crippen LogP contribution in [0.1, 0.15) is 18.4 Å². The van der Waals surface area contributed by atoms with Gasteiger partial charge < -0.3 is 14.4 Å². The van der Waals surface area contributed by atoms with Crippen LogP contribution in [-0.4, -0.2) is 52.6 Å². The van der Waals surface area contributed by atoms with Crippen LogP contribution in [-0.2, 0) is 26.2 Å². The Bertz CT molecular complexity index is 916. The number of carbonyl (C=O) groups is 1. The van der Waals surface area contributed by atoms with Crippen molar-refractivity contribution in [3.8, 4) is 5.75 Å². The van der Waals surface area contributed by atoms with Gasteiger partial charge in [-0.2, -0.15) is 0 Å². The molecule has 1 aliphatic heterocycles. The van der Waals surface area contributed by atoms with Crippen LogP contribution in [0.3, 0.4) is 0 Å². The normalized spacial score (nSPS) is 17.0. The number of carbonyl (C=O) groups excluding carboxylic acids is 1. The molecule has 3 rings (SSSR count). The molecule has 0 spiro atoms. The number of methoxy groups -OCH3 is 1. The van der Waals surface area contributed by atoms with E-state index in [1.165, 1.54) is 19.2 Å². The summed E-state index contributed by atoms with van der Waals surface area (Å²) in [5, 5.41) is 0. The fourth-order valence-corrected chi connectivity index (χ4v) is 4.43. The number of benzene rings is 2. The summed E-state index contributed by atoms with van der Waals surface area (Å²) in [5.74, 6) is 0.600. The lowest BCUT2D eigenvalue weighted by atomic mass is 9.99. The maximum absolute atomic E-state index is 12.6. The molecule has 2 aromatic carbocycles. The van der Waals surface area contributed by atoms with Crippen molar-refractivity contribution < 1.29 is 22.7 Å². The topological polar surface area (TPSA) is 84.9 Å². The standard InChI is InChI=1S/C22H28N2O5S/c1-28-20-9-11-21(12-10-20)30(26,27)23-14-22(25)24-13-5-8-19(15-24)17-29-16-18-6-3-2-4-7-18/h2-4,6-7,9-12,19,23H,5,8,13-17H2,1H3. The molecule has 1 saturated heterocycles. The highest BCUT2D eigenvalue weighted by Crippen LogP contribution is 2.18. The molecule has 0 aliphatic carbocycles. The fraction of sp³-hybridized carbons (Fsp3) is 0.409. The molecule has 1 heterocycles. The first-order valence-electron chi connectivity index (χ1n) is 10.0. The third-order valence-electron chi connectivity index (χ3n) is 5.12. The van der Waals surface area contributed by atoms with E-state index in [2.05, 4.69) is 4.72 Å². The summed E-state index contributed by atoms with van der Waals surface area (Å²) in [4.78, 5) is 14.4. The first kappa shape index (κ1) is 22.3. The van der Waals surface area contributed by atoms with Crippen LogP contribution in [0.5, 0.6) is 5.75 Å². The Hall–Kier alpha value is -2.42. The second-order valence-electron chi connectivity index (χ2n) is 7.35. The lowest BCUT2D eigenvalue weighted by Crippen LogP contribution is -2.45. The van der Waals surface area contributed by atoms with Gasteiger partial charge in [0.25, 0.3) is 0 Å². The minimum Gasteiger partial charge on any atom is -0.497 e. The third-order valence-corrected chi connectivity index (χ3v) is 6.54. The molecule has 7 nitrogen and oxygen atoms in total. The molecular weight excluding hydrogens is 404 g/mol. The number of likely N-dealkylation sites (tertiary alicyclic amines) is 1. The van der Waals surface area contributed by atoms with E-state index in [9.17, 15) is 13.2 Å². The van der Waals surface area contributed by atoms with E-state index < -0.39 is 10.0 Å². The van der Waals surface area contributed by atoms with Crippen LogP contribution in [0, 0.1) is 5.92 Å². The van der Waals surface area contributed by atoms with Gasteiger partial charge in [0.2, 0.25) is 15.9 Å². The number of hydrogen-bond acceptors (Lipinski definition) is 5. The largest absolute Gasteiger partial charge is 0.497 e. The first-order valence-corrected chi connectivity index (χ1v) is 11.5. The number of hydrogen-bond donors (Lipinski definition) is 1. The summed E-state index contributed by atoms with van der Waals surface area (Å²) in [6.07, 6.45) is 1.88. The summed E-state index contributed by atoms with van der Waals surface area (Å²) >= 11 is 0. The van der Waals surface area contributed by atoms with Crippen LogP contribution < -0.4 is 9.46 Å². The van der Waals surface area contributed by atoms with Gasteiger partial charge in [-0.3, -0.25) is 4.79 Å². The van der Waals surface area contributed by atoms with E-state index in [0.29, 0.717) is 32.1 Å². The summed E-state index contributed by atoms with van der Waals surface area (Å²) in [6, 6.07) is 16.0. The molecule has 8 heteroatoms. The Morgan fingerprint density at radius 1 is 1.13 bits per heavy atom. The molecule has 1 atom stereocenters. The van der Waals surface area contributed by atoms with Gasteiger partial charge in [-0.15, -0.1) is 0 Å². The molecule has 1 amide bonds. The molecule has 30 heavy (non-hydrogen) atoms. The zero-order valence-electron chi connectivity index (χ0n) is 17.1. The second kappa shape index (κ2) is 10.6. The van der Waals surface area contributed by atoms with Gasteiger partial charge >= 0.3 is 0 Å². The quantitative estimate of drug-likeness (QED) is 0.658. The molecule has 0 bridgehead atoms. The number of ether oxygens (including phenoxy) is 2. The molecule has 162 valence electrons. The van der Waals surface area contributed by atoms with E-state index in [0.717, 1.165) is 18.4 Å². The fourth-order valence-electron chi connectivity index (χ4n) is 3.45. The minimum atomic E-state index is -3.76. The highest BCUT2D eigenvalue weighted by molar-refractivity contribution is 7.89. The number of amides is 1. The van der Waals surface area contributed by atoms with Crippen molar-refractivity contribution in [3.05, 3.63) is 60.2 Å². The van der Waals surface area contributed by atoms with Crippen LogP contribution in [0.2, 0.25) is 0 Å². The van der Waals surface area contributed by atoms with Gasteiger partial charge in [0.15, 0.2) is 0 Å². The molecule has 1 unspecified atom stereocenters. The highest BCUT2D eigenvalue weighted by Gasteiger charge is 2.25. The highest BCUT2D eigenvalue weighted by atomic mass is 32.2. The van der Waals surface area contributed by atoms with Gasteiger partial charge in [0, 0.05) is 13.1 Å². The Balaban J connectivity index is 1.46. The lowest BCUT2D eigenvalue weighted by molar-refractivity contribution is -0.132. The van der Waals surface area contributed by atoms with E-state index in [1.54, 1.807) is 17.0 Å². The van der Waals surface area contributed by atoms with Crippen molar-refractivity contribution in [1.82, 2.24) is 9.62 Å². The van der Waals surface area contributed by atoms with Gasteiger partial charge in [-0.1, -0.05) is 30.3 Å². The Morgan fingerprint density at radius 2 is 1.87 bits per heavy atom. The number of nitrogens with one attached hydrogen (secondary N) is 1. The number of rotatable bonds is 9. The van der Waals surface area contributed by atoms with Gasteiger partial charge in [-0.05, 0) is 48.6 Å². The molecule has 0 saturated carbocycles. The predicted molar refractivity (Wildman–Crippen MR) is 114 cm³/mol. The van der Waals surface area contributed by atoms with Crippen molar-refractivity contribution in [2.45, 2.75) is 24.3 Å². The van der Waals surface area contributed by atoms with Gasteiger partial charge in [-0.25, -0.2) is 13.1 Å². The van der Waals surface area contributed by atoms with Crippen molar-refractivity contribution in [1.29, 1.82) is 0 Å². The summed E-state index contributed by atoms with van der Waals surface area (Å²) in [7, 11) is -2.24. The van der Waals surface area contributed by atoms with Gasteiger partial charge in [0.05, 0.1) is 31.8 Å². The summed E-state index contributed by atoms with van der Waals surface area (Å²) < 4.78 is 38.1. The van der Waals surface area contributed by atoms with Crippen LogP contribution in [0.25, 0.3) is 0 Å². The van der Waals surface area contributed by atoms with Crippen LogP contribution in [0.15, 0.2) is 59.5 Å². The lowest BCUT2D eigenvalue weighted by Gasteiger charge is -2.32. The second-order valence-corrected chi connectivity index (χ2v) is 9.12. The van der Waals surface area contributed by atoms with Crippen LogP contribution >= 0.6 is 0 Å². The molecule has 0 radical (unpaired) electrons. The molecule has 1 N–H and O–H groups in total. The van der Waals surface area contributed by atoms with E-state index in [1.807, 2.05) is 30.3 Å². The maximum atomic E-state index is 12.6. The number of nitrogens with zero attached hydrogens (tertiary/aromatic N) is 1. The Labute approximate surface area is 178 Å².